The molecule has 2 aromatic rings. The van der Waals surface area contributed by atoms with E-state index in [2.05, 4.69) is 20.9 Å². The lowest BCUT2D eigenvalue weighted by molar-refractivity contribution is 0.262. The van der Waals surface area contributed by atoms with Crippen LogP contribution in [0.5, 0.6) is 5.75 Å². The summed E-state index contributed by atoms with van der Waals surface area (Å²) >= 11 is 3.42. The van der Waals surface area contributed by atoms with Gasteiger partial charge in [-0.25, -0.2) is 4.98 Å². The number of halogens is 1. The van der Waals surface area contributed by atoms with Gasteiger partial charge in [0.15, 0.2) is 0 Å². The number of hydrogen-bond acceptors (Lipinski definition) is 3. The van der Waals surface area contributed by atoms with Crippen molar-refractivity contribution < 1.29 is 9.84 Å². The SMILES string of the molecule is Cc1cc(Br)cc(CO)c1OCCc1nccn1C. The Morgan fingerprint density at radius 2 is 2.21 bits per heavy atom. The second kappa shape index (κ2) is 6.21. The van der Waals surface area contributed by atoms with E-state index in [0.717, 1.165) is 33.6 Å². The van der Waals surface area contributed by atoms with Crippen LogP contribution in [0.25, 0.3) is 0 Å². The fourth-order valence-corrected chi connectivity index (χ4v) is 2.62. The maximum atomic E-state index is 9.38. The lowest BCUT2D eigenvalue weighted by atomic mass is 10.1. The van der Waals surface area contributed by atoms with Crippen molar-refractivity contribution in [1.29, 1.82) is 0 Å². The van der Waals surface area contributed by atoms with E-state index < -0.39 is 0 Å². The summed E-state index contributed by atoms with van der Waals surface area (Å²) in [5, 5.41) is 9.38. The maximum absolute atomic E-state index is 9.38. The van der Waals surface area contributed by atoms with Crippen LogP contribution in [0.4, 0.5) is 0 Å². The van der Waals surface area contributed by atoms with Crippen molar-refractivity contribution in [3.63, 3.8) is 0 Å². The molecule has 0 radical (unpaired) electrons. The fraction of sp³-hybridized carbons (Fsp3) is 0.357. The molecule has 19 heavy (non-hydrogen) atoms. The normalized spacial score (nSPS) is 10.7. The summed E-state index contributed by atoms with van der Waals surface area (Å²) in [6, 6.07) is 3.86. The van der Waals surface area contributed by atoms with Crippen LogP contribution in [0, 0.1) is 6.92 Å². The number of aliphatic hydroxyl groups is 1. The number of hydrogen-bond donors (Lipinski definition) is 1. The first-order valence-electron chi connectivity index (χ1n) is 6.10. The number of benzene rings is 1. The van der Waals surface area contributed by atoms with E-state index in [-0.39, 0.29) is 6.61 Å². The Kier molecular flexibility index (Phi) is 4.61. The molecular formula is C14H17BrN2O2. The standard InChI is InChI=1S/C14H17BrN2O2/c1-10-7-12(15)8-11(9-18)14(10)19-6-3-13-16-4-5-17(13)2/h4-5,7-8,18H,3,6,9H2,1-2H3. The van der Waals surface area contributed by atoms with Gasteiger partial charge < -0.3 is 14.4 Å². The second-order valence-corrected chi connectivity index (χ2v) is 5.34. The van der Waals surface area contributed by atoms with E-state index in [0.29, 0.717) is 6.61 Å². The fourth-order valence-electron chi connectivity index (χ4n) is 2.01. The minimum Gasteiger partial charge on any atom is -0.492 e. The summed E-state index contributed by atoms with van der Waals surface area (Å²) in [6.07, 6.45) is 4.43. The number of ether oxygens (including phenoxy) is 1. The van der Waals surface area contributed by atoms with E-state index in [1.165, 1.54) is 0 Å². The van der Waals surface area contributed by atoms with Crippen molar-refractivity contribution in [2.75, 3.05) is 6.61 Å². The molecule has 0 amide bonds. The molecular weight excluding hydrogens is 308 g/mol. The summed E-state index contributed by atoms with van der Waals surface area (Å²) in [4.78, 5) is 4.25. The van der Waals surface area contributed by atoms with Gasteiger partial charge in [0, 0.05) is 35.9 Å². The van der Waals surface area contributed by atoms with Gasteiger partial charge in [-0.15, -0.1) is 0 Å². The first-order valence-corrected chi connectivity index (χ1v) is 6.90. The molecule has 0 saturated heterocycles. The monoisotopic (exact) mass is 324 g/mol. The molecule has 0 aliphatic heterocycles. The van der Waals surface area contributed by atoms with Crippen molar-refractivity contribution in [2.45, 2.75) is 20.0 Å². The highest BCUT2D eigenvalue weighted by molar-refractivity contribution is 9.10. The first-order chi connectivity index (χ1) is 9.11. The first kappa shape index (κ1) is 14.1. The molecule has 0 spiro atoms. The van der Waals surface area contributed by atoms with E-state index >= 15 is 0 Å². The lowest BCUT2D eigenvalue weighted by Gasteiger charge is -2.13. The number of imidazole rings is 1. The van der Waals surface area contributed by atoms with Crippen LogP contribution in [0.1, 0.15) is 17.0 Å². The van der Waals surface area contributed by atoms with E-state index in [1.807, 2.05) is 36.9 Å². The van der Waals surface area contributed by atoms with Gasteiger partial charge >= 0.3 is 0 Å². The molecule has 0 atom stereocenters. The Labute approximate surface area is 121 Å². The highest BCUT2D eigenvalue weighted by Gasteiger charge is 2.09. The van der Waals surface area contributed by atoms with Gasteiger partial charge in [-0.1, -0.05) is 15.9 Å². The molecule has 1 aromatic carbocycles. The molecule has 102 valence electrons. The average molecular weight is 325 g/mol. The second-order valence-electron chi connectivity index (χ2n) is 4.42. The zero-order valence-corrected chi connectivity index (χ0v) is 12.6. The Balaban J connectivity index is 2.05. The molecule has 0 aliphatic carbocycles. The molecule has 0 bridgehead atoms. The third-order valence-electron chi connectivity index (χ3n) is 2.98. The number of nitrogens with zero attached hydrogens (tertiary/aromatic N) is 2. The van der Waals surface area contributed by atoms with Crippen LogP contribution < -0.4 is 4.74 Å². The van der Waals surface area contributed by atoms with Crippen LogP contribution in [-0.4, -0.2) is 21.3 Å². The minimum absolute atomic E-state index is 0.0297. The van der Waals surface area contributed by atoms with Crippen molar-refractivity contribution in [3.8, 4) is 5.75 Å². The number of aromatic nitrogens is 2. The number of aryl methyl sites for hydroxylation is 2. The molecule has 1 aromatic heterocycles. The molecule has 4 nitrogen and oxygen atoms in total. The van der Waals surface area contributed by atoms with Crippen molar-refractivity contribution in [2.24, 2.45) is 7.05 Å². The predicted octanol–water partition coefficient (Wildman–Crippen LogP) is 2.60. The lowest BCUT2D eigenvalue weighted by Crippen LogP contribution is -2.08. The van der Waals surface area contributed by atoms with Gasteiger partial charge in [-0.2, -0.15) is 0 Å². The molecule has 0 saturated carbocycles. The van der Waals surface area contributed by atoms with Gasteiger partial charge in [0.1, 0.15) is 11.6 Å². The summed E-state index contributed by atoms with van der Waals surface area (Å²) < 4.78 is 8.73. The van der Waals surface area contributed by atoms with Gasteiger partial charge in [0.2, 0.25) is 0 Å². The Bertz CT molecular complexity index is 567. The molecule has 1 heterocycles. The van der Waals surface area contributed by atoms with E-state index in [9.17, 15) is 5.11 Å². The zero-order valence-electron chi connectivity index (χ0n) is 11.1. The van der Waals surface area contributed by atoms with Crippen molar-refractivity contribution >= 4 is 15.9 Å². The van der Waals surface area contributed by atoms with E-state index in [4.69, 9.17) is 4.74 Å². The van der Waals surface area contributed by atoms with Gasteiger partial charge in [-0.3, -0.25) is 0 Å². The third kappa shape index (κ3) is 3.36. The van der Waals surface area contributed by atoms with Crippen LogP contribution in [0.3, 0.4) is 0 Å². The molecule has 0 unspecified atom stereocenters. The molecule has 0 fully saturated rings. The highest BCUT2D eigenvalue weighted by atomic mass is 79.9. The predicted molar refractivity (Wildman–Crippen MR) is 77.2 cm³/mol. The maximum Gasteiger partial charge on any atom is 0.127 e. The quantitative estimate of drug-likeness (QED) is 0.919. The van der Waals surface area contributed by atoms with Crippen molar-refractivity contribution in [1.82, 2.24) is 9.55 Å². The molecule has 2 rings (SSSR count). The summed E-state index contributed by atoms with van der Waals surface area (Å²) in [5.41, 5.74) is 1.81. The largest absolute Gasteiger partial charge is 0.492 e. The van der Waals surface area contributed by atoms with Crippen molar-refractivity contribution in [3.05, 3.63) is 46.0 Å². The Morgan fingerprint density at radius 1 is 1.42 bits per heavy atom. The number of rotatable bonds is 5. The molecule has 1 N–H and O–H groups in total. The topological polar surface area (TPSA) is 47.3 Å². The Hall–Kier alpha value is -1.33. The Morgan fingerprint density at radius 3 is 2.84 bits per heavy atom. The summed E-state index contributed by atoms with van der Waals surface area (Å²) in [7, 11) is 1.96. The van der Waals surface area contributed by atoms with Gasteiger partial charge in [-0.05, 0) is 24.6 Å². The van der Waals surface area contributed by atoms with Crippen LogP contribution in [0.15, 0.2) is 29.0 Å². The van der Waals surface area contributed by atoms with Gasteiger partial charge in [0.25, 0.3) is 0 Å². The van der Waals surface area contributed by atoms with E-state index in [1.54, 1.807) is 6.20 Å². The van der Waals surface area contributed by atoms with Crippen LogP contribution >= 0.6 is 15.9 Å². The number of aliphatic hydroxyl groups excluding tert-OH is 1. The smallest absolute Gasteiger partial charge is 0.127 e. The zero-order chi connectivity index (χ0) is 13.8. The molecule has 0 aliphatic rings. The third-order valence-corrected chi connectivity index (χ3v) is 3.44. The van der Waals surface area contributed by atoms with Crippen LogP contribution in [0.2, 0.25) is 0 Å². The highest BCUT2D eigenvalue weighted by Crippen LogP contribution is 2.28. The minimum atomic E-state index is -0.0297. The van der Waals surface area contributed by atoms with Gasteiger partial charge in [0.05, 0.1) is 13.2 Å². The summed E-state index contributed by atoms with van der Waals surface area (Å²) in [5.74, 6) is 1.75. The summed E-state index contributed by atoms with van der Waals surface area (Å²) in [6.45, 7) is 2.48. The molecule has 5 heteroatoms. The van der Waals surface area contributed by atoms with Crippen LogP contribution in [-0.2, 0) is 20.1 Å². The average Bonchev–Trinajstić information content (AvgIpc) is 2.77.